The number of nitrogens with zero attached hydrogens (tertiary/aromatic N) is 3. The maximum absolute atomic E-state index is 13.7. The Morgan fingerprint density at radius 3 is 2.30 bits per heavy atom. The van der Waals surface area contributed by atoms with Crippen LogP contribution in [0.25, 0.3) is 5.69 Å². The van der Waals surface area contributed by atoms with Crippen LogP contribution in [0.3, 0.4) is 0 Å². The predicted molar refractivity (Wildman–Crippen MR) is 85.2 cm³/mol. The summed E-state index contributed by atoms with van der Waals surface area (Å²) in [6, 6.07) is 9.73. The number of anilines is 1. The van der Waals surface area contributed by atoms with Gasteiger partial charge in [0.15, 0.2) is 0 Å². The number of nitrogens with one attached hydrogen (secondary N) is 1. The predicted octanol–water partition coefficient (Wildman–Crippen LogP) is 3.28. The van der Waals surface area contributed by atoms with E-state index in [4.69, 9.17) is 0 Å². The fourth-order valence-electron chi connectivity index (χ4n) is 2.45. The molecule has 1 aromatic heterocycles. The lowest BCUT2D eigenvalue weighted by atomic mass is 10.1. The van der Waals surface area contributed by atoms with Crippen LogP contribution in [0.1, 0.15) is 21.5 Å². The summed E-state index contributed by atoms with van der Waals surface area (Å²) in [4.78, 5) is 12.3. The molecule has 3 aromatic rings. The summed E-state index contributed by atoms with van der Waals surface area (Å²) in [5.74, 6) is -1.01. The maximum Gasteiger partial charge on any atom is 0.258 e. The lowest BCUT2D eigenvalue weighted by molar-refractivity contribution is 0.102. The van der Waals surface area contributed by atoms with E-state index in [2.05, 4.69) is 15.5 Å². The van der Waals surface area contributed by atoms with Crippen LogP contribution < -0.4 is 5.32 Å². The second-order valence-electron chi connectivity index (χ2n) is 5.26. The number of rotatable bonds is 3. The fraction of sp³-hybridized carbons (Fsp3) is 0.118. The van der Waals surface area contributed by atoms with Crippen molar-refractivity contribution in [3.63, 3.8) is 0 Å². The van der Waals surface area contributed by atoms with Gasteiger partial charge in [-0.25, -0.2) is 4.39 Å². The van der Waals surface area contributed by atoms with Crippen molar-refractivity contribution in [2.45, 2.75) is 13.8 Å². The molecule has 0 bridgehead atoms. The number of aromatic nitrogens is 3. The van der Waals surface area contributed by atoms with E-state index in [9.17, 15) is 9.18 Å². The van der Waals surface area contributed by atoms with E-state index in [-0.39, 0.29) is 5.56 Å². The first-order valence-electron chi connectivity index (χ1n) is 7.08. The molecule has 1 amide bonds. The molecule has 0 aliphatic carbocycles. The van der Waals surface area contributed by atoms with Crippen molar-refractivity contribution in [3.8, 4) is 5.69 Å². The summed E-state index contributed by atoms with van der Waals surface area (Å²) < 4.78 is 15.5. The molecule has 0 aliphatic rings. The average molecular weight is 310 g/mol. The first kappa shape index (κ1) is 14.9. The summed E-state index contributed by atoms with van der Waals surface area (Å²) >= 11 is 0. The van der Waals surface area contributed by atoms with Crippen molar-refractivity contribution in [2.24, 2.45) is 0 Å². The molecule has 116 valence electrons. The van der Waals surface area contributed by atoms with E-state index in [1.54, 1.807) is 29.4 Å². The third-order valence-electron chi connectivity index (χ3n) is 3.59. The van der Waals surface area contributed by atoms with Crippen LogP contribution >= 0.6 is 0 Å². The average Bonchev–Trinajstić information content (AvgIpc) is 3.05. The Hall–Kier alpha value is -3.02. The van der Waals surface area contributed by atoms with Gasteiger partial charge >= 0.3 is 0 Å². The Bertz CT molecular complexity index is 836. The molecule has 23 heavy (non-hydrogen) atoms. The third kappa shape index (κ3) is 2.96. The largest absolute Gasteiger partial charge is 0.321 e. The highest BCUT2D eigenvalue weighted by Crippen LogP contribution is 2.25. The zero-order valence-electron chi connectivity index (χ0n) is 12.7. The van der Waals surface area contributed by atoms with Crippen LogP contribution in [-0.2, 0) is 0 Å². The van der Waals surface area contributed by atoms with Gasteiger partial charge < -0.3 is 5.32 Å². The molecule has 0 fully saturated rings. The standard InChI is InChI=1S/C17H15FN4O/c1-11-7-13(22-9-19-20-10-22)8-12(2)16(11)21-17(23)14-5-3-4-6-15(14)18/h3-10H,1-2H3,(H,21,23). The van der Waals surface area contributed by atoms with E-state index >= 15 is 0 Å². The van der Waals surface area contributed by atoms with Crippen LogP contribution in [0.2, 0.25) is 0 Å². The van der Waals surface area contributed by atoms with Crippen molar-refractivity contribution < 1.29 is 9.18 Å². The van der Waals surface area contributed by atoms with Crippen molar-refractivity contribution in [2.75, 3.05) is 5.32 Å². The number of aryl methyl sites for hydroxylation is 2. The lowest BCUT2D eigenvalue weighted by Crippen LogP contribution is -2.15. The molecular formula is C17H15FN4O. The molecule has 6 heteroatoms. The number of benzene rings is 2. The molecule has 0 aliphatic heterocycles. The monoisotopic (exact) mass is 310 g/mol. The van der Waals surface area contributed by atoms with Crippen molar-refractivity contribution >= 4 is 11.6 Å². The molecule has 1 N–H and O–H groups in total. The van der Waals surface area contributed by atoms with Gasteiger partial charge in [-0.05, 0) is 49.2 Å². The number of hydrogen-bond acceptors (Lipinski definition) is 3. The van der Waals surface area contributed by atoms with Crippen LogP contribution in [0.4, 0.5) is 10.1 Å². The normalized spacial score (nSPS) is 10.6. The first-order chi connectivity index (χ1) is 11.1. The minimum absolute atomic E-state index is 0.0224. The van der Waals surface area contributed by atoms with Crippen LogP contribution in [0, 0.1) is 19.7 Å². The van der Waals surface area contributed by atoms with Crippen LogP contribution in [0.5, 0.6) is 0 Å². The Balaban J connectivity index is 1.92. The highest BCUT2D eigenvalue weighted by Gasteiger charge is 2.14. The van der Waals surface area contributed by atoms with Gasteiger partial charge in [-0.1, -0.05) is 12.1 Å². The zero-order valence-corrected chi connectivity index (χ0v) is 12.7. The van der Waals surface area contributed by atoms with Crippen molar-refractivity contribution in [1.29, 1.82) is 0 Å². The molecule has 0 saturated heterocycles. The molecule has 0 atom stereocenters. The first-order valence-corrected chi connectivity index (χ1v) is 7.08. The second-order valence-corrected chi connectivity index (χ2v) is 5.26. The van der Waals surface area contributed by atoms with E-state index in [1.165, 1.54) is 12.1 Å². The van der Waals surface area contributed by atoms with Crippen LogP contribution in [0.15, 0.2) is 49.1 Å². The van der Waals surface area contributed by atoms with Crippen molar-refractivity contribution in [3.05, 3.63) is 71.6 Å². The Morgan fingerprint density at radius 2 is 1.70 bits per heavy atom. The zero-order chi connectivity index (χ0) is 16.4. The minimum atomic E-state index is -0.540. The Morgan fingerprint density at radius 1 is 1.09 bits per heavy atom. The minimum Gasteiger partial charge on any atom is -0.321 e. The SMILES string of the molecule is Cc1cc(-n2cnnc2)cc(C)c1NC(=O)c1ccccc1F. The van der Waals surface area contributed by atoms with Gasteiger partial charge in [-0.2, -0.15) is 0 Å². The molecule has 0 spiro atoms. The third-order valence-corrected chi connectivity index (χ3v) is 3.59. The molecule has 0 saturated carbocycles. The summed E-state index contributed by atoms with van der Waals surface area (Å²) in [7, 11) is 0. The topological polar surface area (TPSA) is 59.8 Å². The summed E-state index contributed by atoms with van der Waals surface area (Å²) in [5.41, 5.74) is 3.34. The van der Waals surface area contributed by atoms with Gasteiger partial charge in [0.2, 0.25) is 0 Å². The fourth-order valence-corrected chi connectivity index (χ4v) is 2.45. The van der Waals surface area contributed by atoms with Gasteiger partial charge in [0.05, 0.1) is 5.56 Å². The number of hydrogen-bond donors (Lipinski definition) is 1. The van der Waals surface area contributed by atoms with E-state index in [0.29, 0.717) is 5.69 Å². The lowest BCUT2D eigenvalue weighted by Gasteiger charge is -2.14. The quantitative estimate of drug-likeness (QED) is 0.807. The highest BCUT2D eigenvalue weighted by molar-refractivity contribution is 6.05. The number of halogens is 1. The van der Waals surface area contributed by atoms with Crippen LogP contribution in [-0.4, -0.2) is 20.7 Å². The highest BCUT2D eigenvalue weighted by atomic mass is 19.1. The van der Waals surface area contributed by atoms with Gasteiger partial charge in [0.1, 0.15) is 18.5 Å². The Labute approximate surface area is 132 Å². The van der Waals surface area contributed by atoms with Gasteiger partial charge in [-0.3, -0.25) is 9.36 Å². The van der Waals surface area contributed by atoms with Gasteiger partial charge in [0.25, 0.3) is 5.91 Å². The number of carbonyl (C=O) groups excluding carboxylic acids is 1. The maximum atomic E-state index is 13.7. The molecule has 1 heterocycles. The molecular weight excluding hydrogens is 295 g/mol. The number of carbonyl (C=O) groups is 1. The molecule has 0 unspecified atom stereocenters. The van der Waals surface area contributed by atoms with Crippen molar-refractivity contribution in [1.82, 2.24) is 14.8 Å². The summed E-state index contributed by atoms with van der Waals surface area (Å²) in [5, 5.41) is 10.3. The number of amides is 1. The van der Waals surface area contributed by atoms with E-state index in [1.807, 2.05) is 26.0 Å². The van der Waals surface area contributed by atoms with Gasteiger partial charge in [0, 0.05) is 11.4 Å². The van der Waals surface area contributed by atoms with E-state index in [0.717, 1.165) is 16.8 Å². The Kier molecular flexibility index (Phi) is 3.89. The molecule has 3 rings (SSSR count). The van der Waals surface area contributed by atoms with E-state index < -0.39 is 11.7 Å². The summed E-state index contributed by atoms with van der Waals surface area (Å²) in [6.45, 7) is 3.77. The smallest absolute Gasteiger partial charge is 0.258 e. The molecule has 5 nitrogen and oxygen atoms in total. The molecule has 2 aromatic carbocycles. The molecule has 0 radical (unpaired) electrons. The second kappa shape index (κ2) is 6.00. The summed E-state index contributed by atoms with van der Waals surface area (Å²) in [6.07, 6.45) is 3.21. The van der Waals surface area contributed by atoms with Gasteiger partial charge in [-0.15, -0.1) is 10.2 Å².